The summed E-state index contributed by atoms with van der Waals surface area (Å²) in [5, 5.41) is 3.34. The van der Waals surface area contributed by atoms with Gasteiger partial charge in [0.05, 0.1) is 5.56 Å². The van der Waals surface area contributed by atoms with E-state index in [1.165, 1.54) is 17.7 Å². The molecule has 0 unspecified atom stereocenters. The molecule has 1 N–H and O–H groups in total. The average molecular weight is 291 g/mol. The molecule has 0 aliphatic carbocycles. The van der Waals surface area contributed by atoms with Gasteiger partial charge in [0, 0.05) is 12.2 Å². The lowest BCUT2D eigenvalue weighted by Gasteiger charge is -2.19. The SMILES string of the molecule is FC(F)(F)c1cccc(Cc2ccc3c(c2)NCCC3)c1. The second kappa shape index (κ2) is 5.43. The van der Waals surface area contributed by atoms with Gasteiger partial charge < -0.3 is 5.32 Å². The van der Waals surface area contributed by atoms with Gasteiger partial charge in [0.15, 0.2) is 0 Å². The Hall–Kier alpha value is -1.97. The van der Waals surface area contributed by atoms with Crippen molar-refractivity contribution >= 4 is 5.69 Å². The second-order valence-electron chi connectivity index (χ2n) is 5.40. The van der Waals surface area contributed by atoms with Crippen molar-refractivity contribution in [2.45, 2.75) is 25.4 Å². The van der Waals surface area contributed by atoms with Crippen molar-refractivity contribution in [3.63, 3.8) is 0 Å². The van der Waals surface area contributed by atoms with Crippen molar-refractivity contribution in [1.82, 2.24) is 0 Å². The van der Waals surface area contributed by atoms with Crippen LogP contribution in [0.4, 0.5) is 18.9 Å². The number of fused-ring (bicyclic) bond motifs is 1. The van der Waals surface area contributed by atoms with E-state index in [9.17, 15) is 13.2 Å². The quantitative estimate of drug-likeness (QED) is 0.849. The zero-order valence-corrected chi connectivity index (χ0v) is 11.5. The van der Waals surface area contributed by atoms with Crippen molar-refractivity contribution in [1.29, 1.82) is 0 Å². The summed E-state index contributed by atoms with van der Waals surface area (Å²) in [5.41, 5.74) is 3.53. The molecule has 0 aromatic heterocycles. The molecule has 110 valence electrons. The number of rotatable bonds is 2. The van der Waals surface area contributed by atoms with Crippen LogP contribution in [0, 0.1) is 0 Å². The van der Waals surface area contributed by atoms with Crippen LogP contribution in [-0.4, -0.2) is 6.54 Å². The van der Waals surface area contributed by atoms with Crippen LogP contribution in [0.5, 0.6) is 0 Å². The topological polar surface area (TPSA) is 12.0 Å². The zero-order valence-electron chi connectivity index (χ0n) is 11.5. The highest BCUT2D eigenvalue weighted by Gasteiger charge is 2.30. The van der Waals surface area contributed by atoms with E-state index < -0.39 is 11.7 Å². The number of nitrogens with one attached hydrogen (secondary N) is 1. The smallest absolute Gasteiger partial charge is 0.385 e. The molecule has 2 aromatic rings. The molecule has 0 bridgehead atoms. The first-order chi connectivity index (χ1) is 10.0. The summed E-state index contributed by atoms with van der Waals surface area (Å²) < 4.78 is 38.2. The number of halogens is 3. The first kappa shape index (κ1) is 14.0. The average Bonchev–Trinajstić information content (AvgIpc) is 2.46. The van der Waals surface area contributed by atoms with Gasteiger partial charge in [-0.25, -0.2) is 0 Å². The molecular formula is C17H16F3N. The van der Waals surface area contributed by atoms with Crippen LogP contribution < -0.4 is 5.32 Å². The van der Waals surface area contributed by atoms with E-state index in [0.29, 0.717) is 12.0 Å². The van der Waals surface area contributed by atoms with Crippen molar-refractivity contribution < 1.29 is 13.2 Å². The third-order valence-corrected chi connectivity index (χ3v) is 3.78. The molecule has 0 fully saturated rings. The highest BCUT2D eigenvalue weighted by molar-refractivity contribution is 5.55. The highest BCUT2D eigenvalue weighted by Crippen LogP contribution is 2.30. The van der Waals surface area contributed by atoms with Crippen LogP contribution in [0.15, 0.2) is 42.5 Å². The van der Waals surface area contributed by atoms with E-state index in [1.54, 1.807) is 6.07 Å². The monoisotopic (exact) mass is 291 g/mol. The van der Waals surface area contributed by atoms with Gasteiger partial charge in [-0.15, -0.1) is 0 Å². The van der Waals surface area contributed by atoms with Crippen molar-refractivity contribution in [2.75, 3.05) is 11.9 Å². The molecule has 1 aliphatic heterocycles. The maximum atomic E-state index is 12.7. The Kier molecular flexibility index (Phi) is 3.62. The fraction of sp³-hybridized carbons (Fsp3) is 0.294. The number of hydrogen-bond acceptors (Lipinski definition) is 1. The third-order valence-electron chi connectivity index (χ3n) is 3.78. The Bertz CT molecular complexity index is 647. The van der Waals surface area contributed by atoms with Gasteiger partial charge in [0.2, 0.25) is 0 Å². The van der Waals surface area contributed by atoms with E-state index in [4.69, 9.17) is 0 Å². The number of benzene rings is 2. The van der Waals surface area contributed by atoms with E-state index in [1.807, 2.05) is 6.07 Å². The van der Waals surface area contributed by atoms with Gasteiger partial charge in [0.25, 0.3) is 0 Å². The summed E-state index contributed by atoms with van der Waals surface area (Å²) in [7, 11) is 0. The molecule has 4 heteroatoms. The van der Waals surface area contributed by atoms with E-state index in [-0.39, 0.29) is 0 Å². The maximum Gasteiger partial charge on any atom is 0.416 e. The first-order valence-corrected chi connectivity index (χ1v) is 7.04. The van der Waals surface area contributed by atoms with Gasteiger partial charge >= 0.3 is 6.18 Å². The molecule has 3 rings (SSSR count). The van der Waals surface area contributed by atoms with Gasteiger partial charge in [-0.1, -0.05) is 30.3 Å². The molecule has 0 amide bonds. The van der Waals surface area contributed by atoms with Crippen LogP contribution in [0.2, 0.25) is 0 Å². The Balaban J connectivity index is 1.83. The largest absolute Gasteiger partial charge is 0.416 e. The Morgan fingerprint density at radius 2 is 1.81 bits per heavy atom. The summed E-state index contributed by atoms with van der Waals surface area (Å²) in [6.45, 7) is 0.958. The third kappa shape index (κ3) is 3.20. The zero-order chi connectivity index (χ0) is 14.9. The summed E-state index contributed by atoms with van der Waals surface area (Å²) >= 11 is 0. The molecule has 1 aliphatic rings. The van der Waals surface area contributed by atoms with Gasteiger partial charge in [-0.3, -0.25) is 0 Å². The lowest BCUT2D eigenvalue weighted by molar-refractivity contribution is -0.137. The van der Waals surface area contributed by atoms with E-state index in [0.717, 1.165) is 36.7 Å². The molecule has 2 aromatic carbocycles. The van der Waals surface area contributed by atoms with Crippen LogP contribution in [0.1, 0.15) is 28.7 Å². The number of hydrogen-bond donors (Lipinski definition) is 1. The van der Waals surface area contributed by atoms with Crippen LogP contribution in [0.25, 0.3) is 0 Å². The first-order valence-electron chi connectivity index (χ1n) is 7.04. The molecular weight excluding hydrogens is 275 g/mol. The molecule has 0 saturated heterocycles. The van der Waals surface area contributed by atoms with Crippen molar-refractivity contribution in [2.24, 2.45) is 0 Å². The highest BCUT2D eigenvalue weighted by atomic mass is 19.4. The van der Waals surface area contributed by atoms with Crippen molar-refractivity contribution in [3.8, 4) is 0 Å². The fourth-order valence-electron chi connectivity index (χ4n) is 2.71. The Labute approximate surface area is 121 Å². The van der Waals surface area contributed by atoms with Crippen LogP contribution in [-0.2, 0) is 19.0 Å². The van der Waals surface area contributed by atoms with E-state index in [2.05, 4.69) is 17.4 Å². The maximum absolute atomic E-state index is 12.7. The summed E-state index contributed by atoms with van der Waals surface area (Å²) in [6, 6.07) is 11.7. The lowest BCUT2D eigenvalue weighted by Crippen LogP contribution is -2.11. The van der Waals surface area contributed by atoms with Gasteiger partial charge in [-0.05, 0) is 48.1 Å². The van der Waals surface area contributed by atoms with Crippen LogP contribution in [0.3, 0.4) is 0 Å². The van der Waals surface area contributed by atoms with E-state index >= 15 is 0 Å². The Morgan fingerprint density at radius 1 is 1.00 bits per heavy atom. The summed E-state index contributed by atoms with van der Waals surface area (Å²) in [4.78, 5) is 0. The predicted molar refractivity (Wildman–Crippen MR) is 77.5 cm³/mol. The summed E-state index contributed by atoms with van der Waals surface area (Å²) in [6.07, 6.45) is -1.58. The standard InChI is InChI=1S/C17H16F3N/c18-17(19,20)15-5-1-3-12(10-15)9-13-6-7-14-4-2-8-21-16(14)11-13/h1,3,5-7,10-11,21H,2,4,8-9H2. The second-order valence-corrected chi connectivity index (χ2v) is 5.40. The molecule has 0 radical (unpaired) electrons. The Morgan fingerprint density at radius 3 is 2.62 bits per heavy atom. The number of anilines is 1. The minimum atomic E-state index is -4.28. The molecule has 0 atom stereocenters. The normalized spacial score (nSPS) is 14.4. The van der Waals surface area contributed by atoms with Crippen LogP contribution >= 0.6 is 0 Å². The molecule has 21 heavy (non-hydrogen) atoms. The number of aryl methyl sites for hydroxylation is 1. The minimum absolute atomic E-state index is 0.513. The lowest BCUT2D eigenvalue weighted by atomic mass is 9.97. The molecule has 1 heterocycles. The summed E-state index contributed by atoms with van der Waals surface area (Å²) in [5.74, 6) is 0. The predicted octanol–water partition coefficient (Wildman–Crippen LogP) is 4.65. The van der Waals surface area contributed by atoms with Gasteiger partial charge in [-0.2, -0.15) is 13.2 Å². The fourth-order valence-corrected chi connectivity index (χ4v) is 2.71. The molecule has 0 spiro atoms. The minimum Gasteiger partial charge on any atom is -0.385 e. The molecule has 1 nitrogen and oxygen atoms in total. The van der Waals surface area contributed by atoms with Gasteiger partial charge in [0.1, 0.15) is 0 Å². The van der Waals surface area contributed by atoms with Crippen molar-refractivity contribution in [3.05, 3.63) is 64.7 Å². The molecule has 0 saturated carbocycles. The number of alkyl halides is 3.